The second-order valence-corrected chi connectivity index (χ2v) is 9.98. The highest BCUT2D eigenvalue weighted by atomic mass is 19.1. The largest absolute Gasteiger partial charge is 0.352 e. The van der Waals surface area contributed by atoms with Gasteiger partial charge in [-0.15, -0.1) is 0 Å². The van der Waals surface area contributed by atoms with Crippen LogP contribution in [-0.4, -0.2) is 41.2 Å². The van der Waals surface area contributed by atoms with E-state index in [2.05, 4.69) is 10.6 Å². The predicted octanol–water partition coefficient (Wildman–Crippen LogP) is 3.25. The maximum absolute atomic E-state index is 13.9. The molecule has 0 spiro atoms. The van der Waals surface area contributed by atoms with Gasteiger partial charge in [0.25, 0.3) is 0 Å². The van der Waals surface area contributed by atoms with Gasteiger partial charge in [-0.3, -0.25) is 14.4 Å². The summed E-state index contributed by atoms with van der Waals surface area (Å²) < 4.78 is 13.9. The van der Waals surface area contributed by atoms with Crippen LogP contribution in [0.2, 0.25) is 0 Å². The minimum absolute atomic E-state index is 0.0541. The molecule has 1 aliphatic rings. The highest BCUT2D eigenvalue weighted by molar-refractivity contribution is 5.88. The van der Waals surface area contributed by atoms with Crippen molar-refractivity contribution in [1.82, 2.24) is 15.5 Å². The Kier molecular flexibility index (Phi) is 9.80. The third kappa shape index (κ3) is 8.22. The number of halogens is 1. The summed E-state index contributed by atoms with van der Waals surface area (Å²) in [6.45, 7) is 1.32. The van der Waals surface area contributed by atoms with Crippen LogP contribution in [0.3, 0.4) is 0 Å². The van der Waals surface area contributed by atoms with E-state index in [0.29, 0.717) is 31.6 Å². The zero-order chi connectivity index (χ0) is 27.6. The van der Waals surface area contributed by atoms with Gasteiger partial charge < -0.3 is 21.3 Å². The van der Waals surface area contributed by atoms with Crippen LogP contribution in [0.4, 0.5) is 4.39 Å². The molecule has 0 bridgehead atoms. The number of hydrogen-bond donors (Lipinski definition) is 3. The molecule has 204 valence electrons. The fraction of sp³-hybridized carbons (Fsp3) is 0.323. The van der Waals surface area contributed by atoms with E-state index >= 15 is 0 Å². The lowest BCUT2D eigenvalue weighted by Gasteiger charge is -2.25. The monoisotopic (exact) mass is 530 g/mol. The zero-order valence-electron chi connectivity index (χ0n) is 21.9. The molecule has 1 heterocycles. The van der Waals surface area contributed by atoms with E-state index in [1.807, 2.05) is 54.6 Å². The van der Waals surface area contributed by atoms with Gasteiger partial charge in [0.15, 0.2) is 0 Å². The number of amides is 3. The molecule has 39 heavy (non-hydrogen) atoms. The third-order valence-corrected chi connectivity index (χ3v) is 6.94. The number of carbonyl (C=O) groups is 3. The third-order valence-electron chi connectivity index (χ3n) is 6.94. The molecule has 7 nitrogen and oxygen atoms in total. The number of carbonyl (C=O) groups excluding carboxylic acids is 3. The number of rotatable bonds is 11. The van der Waals surface area contributed by atoms with E-state index in [1.165, 1.54) is 6.07 Å². The lowest BCUT2D eigenvalue weighted by molar-refractivity contribution is -0.138. The second-order valence-electron chi connectivity index (χ2n) is 9.98. The van der Waals surface area contributed by atoms with Crippen LogP contribution < -0.4 is 16.4 Å². The van der Waals surface area contributed by atoms with Crippen LogP contribution in [0.15, 0.2) is 78.9 Å². The minimum Gasteiger partial charge on any atom is -0.352 e. The lowest BCUT2D eigenvalue weighted by Crippen LogP contribution is -2.47. The number of hydrogen-bond acceptors (Lipinski definition) is 4. The lowest BCUT2D eigenvalue weighted by atomic mass is 10.0. The quantitative estimate of drug-likeness (QED) is 0.354. The average molecular weight is 531 g/mol. The standard InChI is InChI=1S/C31H35FN4O3/c32-27-10-5-4-9-25(27)18-26(33)19-30(38)36-16-6-11-28(36)31(39)35-21-24-14-12-22(13-15-24)17-29(37)34-20-23-7-2-1-3-8-23/h1-5,7-10,12-15,26,28H,6,11,16-21,33H2,(H,34,37)(H,35,39)/t26-,28+/m1/s1. The first-order valence-electron chi connectivity index (χ1n) is 13.3. The first kappa shape index (κ1) is 28.0. The summed E-state index contributed by atoms with van der Waals surface area (Å²) in [5, 5.41) is 5.85. The van der Waals surface area contributed by atoms with Crippen LogP contribution in [-0.2, 0) is 40.3 Å². The van der Waals surface area contributed by atoms with Crippen molar-refractivity contribution in [2.24, 2.45) is 5.73 Å². The summed E-state index contributed by atoms with van der Waals surface area (Å²) in [5.74, 6) is -0.781. The summed E-state index contributed by atoms with van der Waals surface area (Å²) >= 11 is 0. The smallest absolute Gasteiger partial charge is 0.243 e. The summed E-state index contributed by atoms with van der Waals surface area (Å²) in [6, 6.07) is 22.6. The minimum atomic E-state index is -0.536. The van der Waals surface area contributed by atoms with Gasteiger partial charge in [0.05, 0.1) is 6.42 Å². The van der Waals surface area contributed by atoms with Crippen molar-refractivity contribution in [1.29, 1.82) is 0 Å². The van der Waals surface area contributed by atoms with E-state index in [4.69, 9.17) is 5.73 Å². The molecule has 3 aromatic rings. The van der Waals surface area contributed by atoms with Crippen LogP contribution in [0, 0.1) is 5.82 Å². The fourth-order valence-electron chi connectivity index (χ4n) is 4.82. The van der Waals surface area contributed by atoms with Gasteiger partial charge in [0.2, 0.25) is 17.7 Å². The zero-order valence-corrected chi connectivity index (χ0v) is 21.9. The number of benzene rings is 3. The number of nitrogens with two attached hydrogens (primary N) is 1. The molecule has 1 saturated heterocycles. The van der Waals surface area contributed by atoms with Gasteiger partial charge in [0.1, 0.15) is 11.9 Å². The highest BCUT2D eigenvalue weighted by Crippen LogP contribution is 2.20. The molecule has 1 fully saturated rings. The van der Waals surface area contributed by atoms with Crippen molar-refractivity contribution in [3.05, 3.63) is 107 Å². The van der Waals surface area contributed by atoms with Gasteiger partial charge in [-0.25, -0.2) is 4.39 Å². The molecule has 1 aliphatic heterocycles. The molecular weight excluding hydrogens is 495 g/mol. The predicted molar refractivity (Wildman–Crippen MR) is 148 cm³/mol. The molecule has 0 aromatic heterocycles. The number of nitrogens with one attached hydrogen (secondary N) is 2. The van der Waals surface area contributed by atoms with Crippen LogP contribution >= 0.6 is 0 Å². The fourth-order valence-corrected chi connectivity index (χ4v) is 4.82. The molecule has 0 radical (unpaired) electrons. The van der Waals surface area contributed by atoms with Crippen molar-refractivity contribution < 1.29 is 18.8 Å². The van der Waals surface area contributed by atoms with Gasteiger partial charge in [-0.1, -0.05) is 72.8 Å². The highest BCUT2D eigenvalue weighted by Gasteiger charge is 2.34. The van der Waals surface area contributed by atoms with E-state index in [0.717, 1.165) is 23.1 Å². The molecule has 0 saturated carbocycles. The molecule has 2 atom stereocenters. The van der Waals surface area contributed by atoms with Crippen molar-refractivity contribution >= 4 is 17.7 Å². The van der Waals surface area contributed by atoms with Crippen molar-refractivity contribution in [3.63, 3.8) is 0 Å². The van der Waals surface area contributed by atoms with Gasteiger partial charge in [0, 0.05) is 32.1 Å². The van der Waals surface area contributed by atoms with E-state index in [9.17, 15) is 18.8 Å². The molecular formula is C31H35FN4O3. The van der Waals surface area contributed by atoms with Crippen LogP contribution in [0.25, 0.3) is 0 Å². The van der Waals surface area contributed by atoms with Gasteiger partial charge in [-0.05, 0) is 47.6 Å². The molecule has 3 aromatic carbocycles. The molecule has 0 unspecified atom stereocenters. The first-order valence-corrected chi connectivity index (χ1v) is 13.3. The Hall–Kier alpha value is -4.04. The van der Waals surface area contributed by atoms with Crippen molar-refractivity contribution in [2.45, 2.75) is 57.3 Å². The first-order chi connectivity index (χ1) is 18.9. The van der Waals surface area contributed by atoms with Gasteiger partial charge >= 0.3 is 0 Å². The van der Waals surface area contributed by atoms with Gasteiger partial charge in [-0.2, -0.15) is 0 Å². The Morgan fingerprint density at radius 1 is 0.872 bits per heavy atom. The maximum Gasteiger partial charge on any atom is 0.243 e. The Balaban J connectivity index is 1.22. The Morgan fingerprint density at radius 3 is 2.26 bits per heavy atom. The number of nitrogens with zero attached hydrogens (tertiary/aromatic N) is 1. The van der Waals surface area contributed by atoms with E-state index < -0.39 is 12.1 Å². The second kappa shape index (κ2) is 13.7. The topological polar surface area (TPSA) is 105 Å². The Bertz CT molecular complexity index is 1270. The molecule has 8 heteroatoms. The summed E-state index contributed by atoms with van der Waals surface area (Å²) in [5.41, 5.74) is 9.46. The SMILES string of the molecule is N[C@@H](CC(=O)N1CCC[C@H]1C(=O)NCc1ccc(CC(=O)NCc2ccccc2)cc1)Cc1ccccc1F. The van der Waals surface area contributed by atoms with E-state index in [1.54, 1.807) is 23.1 Å². The molecule has 0 aliphatic carbocycles. The maximum atomic E-state index is 13.9. The van der Waals surface area contributed by atoms with Crippen LogP contribution in [0.5, 0.6) is 0 Å². The number of likely N-dealkylation sites (tertiary alicyclic amines) is 1. The average Bonchev–Trinajstić information content (AvgIpc) is 3.44. The Labute approximate surface area is 228 Å². The summed E-state index contributed by atoms with van der Waals surface area (Å²) in [4.78, 5) is 39.7. The van der Waals surface area contributed by atoms with Crippen LogP contribution in [0.1, 0.15) is 41.5 Å². The Morgan fingerprint density at radius 2 is 1.51 bits per heavy atom. The van der Waals surface area contributed by atoms with Crippen molar-refractivity contribution in [2.75, 3.05) is 6.54 Å². The molecule has 3 amide bonds. The summed E-state index contributed by atoms with van der Waals surface area (Å²) in [7, 11) is 0. The molecule has 4 N–H and O–H groups in total. The summed E-state index contributed by atoms with van der Waals surface area (Å²) in [6.07, 6.45) is 1.93. The van der Waals surface area contributed by atoms with Crippen molar-refractivity contribution in [3.8, 4) is 0 Å². The molecule has 4 rings (SSSR count). The normalized spacial score (nSPS) is 15.5. The van der Waals surface area contributed by atoms with E-state index in [-0.39, 0.29) is 42.8 Å².